The lowest BCUT2D eigenvalue weighted by Crippen LogP contribution is -2.13. The maximum absolute atomic E-state index is 12.2. The molecule has 0 radical (unpaired) electrons. The first-order chi connectivity index (χ1) is 9.83. The molecule has 0 aromatic heterocycles. The van der Waals surface area contributed by atoms with Gasteiger partial charge in [-0.25, -0.2) is 8.42 Å². The molecule has 0 fully saturated rings. The average Bonchev–Trinajstić information content (AvgIpc) is 2.42. The van der Waals surface area contributed by atoms with E-state index in [0.717, 1.165) is 0 Å². The molecule has 0 amide bonds. The summed E-state index contributed by atoms with van der Waals surface area (Å²) in [6.45, 7) is 0. The minimum absolute atomic E-state index is 0.0591. The van der Waals surface area contributed by atoms with Crippen molar-refractivity contribution in [3.63, 3.8) is 0 Å². The summed E-state index contributed by atoms with van der Waals surface area (Å²) in [5.41, 5.74) is 6.36. The second-order valence-electron chi connectivity index (χ2n) is 4.10. The van der Waals surface area contributed by atoms with Crippen molar-refractivity contribution >= 4 is 44.6 Å². The summed E-state index contributed by atoms with van der Waals surface area (Å²) in [4.78, 5) is -0.0700. The van der Waals surface area contributed by atoms with Crippen molar-refractivity contribution in [3.8, 4) is 6.07 Å². The van der Waals surface area contributed by atoms with Gasteiger partial charge in [-0.05, 0) is 36.4 Å². The fraction of sp³-hybridized carbons (Fsp3) is 0. The Morgan fingerprint density at radius 2 is 1.81 bits per heavy atom. The summed E-state index contributed by atoms with van der Waals surface area (Å²) in [7, 11) is -3.87. The Bertz CT molecular complexity index is 845. The second-order valence-corrected chi connectivity index (χ2v) is 6.60. The lowest BCUT2D eigenvalue weighted by molar-refractivity contribution is 0.601. The van der Waals surface area contributed by atoms with E-state index in [0.29, 0.717) is 5.69 Å². The number of nitrogen functional groups attached to an aromatic ring is 1. The van der Waals surface area contributed by atoms with Crippen LogP contribution >= 0.6 is 23.2 Å². The Hall–Kier alpha value is -1.94. The van der Waals surface area contributed by atoms with Crippen LogP contribution in [0.4, 0.5) is 11.4 Å². The Morgan fingerprint density at radius 3 is 2.38 bits per heavy atom. The molecule has 2 aromatic rings. The van der Waals surface area contributed by atoms with Crippen LogP contribution in [0.5, 0.6) is 0 Å². The van der Waals surface area contributed by atoms with Crippen LogP contribution in [0.15, 0.2) is 41.3 Å². The van der Waals surface area contributed by atoms with Crippen LogP contribution in [-0.4, -0.2) is 8.42 Å². The minimum atomic E-state index is -3.87. The fourth-order valence-corrected chi connectivity index (χ4v) is 3.26. The van der Waals surface area contributed by atoms with E-state index in [4.69, 9.17) is 34.2 Å². The topological polar surface area (TPSA) is 96.0 Å². The molecule has 2 rings (SSSR count). The molecule has 0 atom stereocenters. The van der Waals surface area contributed by atoms with Crippen molar-refractivity contribution in [2.75, 3.05) is 10.5 Å². The summed E-state index contributed by atoms with van der Waals surface area (Å²) in [6, 6.07) is 10.1. The van der Waals surface area contributed by atoms with E-state index in [2.05, 4.69) is 4.72 Å². The molecule has 0 aliphatic carbocycles. The van der Waals surface area contributed by atoms with Crippen LogP contribution in [0.2, 0.25) is 10.0 Å². The Labute approximate surface area is 132 Å². The van der Waals surface area contributed by atoms with Gasteiger partial charge in [0.1, 0.15) is 6.07 Å². The van der Waals surface area contributed by atoms with Gasteiger partial charge in [0.15, 0.2) is 0 Å². The highest BCUT2D eigenvalue weighted by atomic mass is 35.5. The number of rotatable bonds is 3. The van der Waals surface area contributed by atoms with Gasteiger partial charge in [0, 0.05) is 5.69 Å². The number of anilines is 2. The average molecular weight is 342 g/mol. The third kappa shape index (κ3) is 3.39. The standard InChI is InChI=1S/C13H9Cl2N3O2S/c14-11-6-10(3-1-8(11)7-16)21(19,20)18-13-4-2-9(17)5-12(13)15/h1-6,18H,17H2. The molecule has 3 N–H and O–H groups in total. The van der Waals surface area contributed by atoms with Gasteiger partial charge in [-0.15, -0.1) is 0 Å². The summed E-state index contributed by atoms with van der Waals surface area (Å²) in [6.07, 6.45) is 0. The van der Waals surface area contributed by atoms with Gasteiger partial charge in [-0.1, -0.05) is 23.2 Å². The van der Waals surface area contributed by atoms with Crippen molar-refractivity contribution in [2.24, 2.45) is 0 Å². The highest BCUT2D eigenvalue weighted by Gasteiger charge is 2.17. The van der Waals surface area contributed by atoms with Crippen molar-refractivity contribution in [2.45, 2.75) is 4.90 Å². The number of nitriles is 1. The van der Waals surface area contributed by atoms with Gasteiger partial charge in [-0.3, -0.25) is 4.72 Å². The van der Waals surface area contributed by atoms with Gasteiger partial charge in [-0.2, -0.15) is 5.26 Å². The van der Waals surface area contributed by atoms with Crippen molar-refractivity contribution in [1.29, 1.82) is 5.26 Å². The van der Waals surface area contributed by atoms with E-state index in [1.807, 2.05) is 6.07 Å². The summed E-state index contributed by atoms with van der Waals surface area (Å²) in [5, 5.41) is 9.02. The van der Waals surface area contributed by atoms with Crippen LogP contribution in [0.3, 0.4) is 0 Å². The first-order valence-corrected chi connectivity index (χ1v) is 7.85. The van der Waals surface area contributed by atoms with Crippen LogP contribution in [-0.2, 0) is 10.0 Å². The number of halogens is 2. The van der Waals surface area contributed by atoms with Crippen molar-refractivity contribution < 1.29 is 8.42 Å². The number of sulfonamides is 1. The number of nitrogens with two attached hydrogens (primary N) is 1. The molecule has 0 bridgehead atoms. The van der Waals surface area contributed by atoms with Gasteiger partial charge in [0.2, 0.25) is 0 Å². The van der Waals surface area contributed by atoms with Gasteiger partial charge in [0.05, 0.1) is 26.2 Å². The SMILES string of the molecule is N#Cc1ccc(S(=O)(=O)Nc2ccc(N)cc2Cl)cc1Cl. The van der Waals surface area contributed by atoms with Gasteiger partial charge in [0.25, 0.3) is 10.0 Å². The van der Waals surface area contributed by atoms with E-state index in [1.54, 1.807) is 0 Å². The maximum Gasteiger partial charge on any atom is 0.261 e. The van der Waals surface area contributed by atoms with Crippen molar-refractivity contribution in [3.05, 3.63) is 52.0 Å². The molecule has 0 unspecified atom stereocenters. The molecular weight excluding hydrogens is 333 g/mol. The first kappa shape index (κ1) is 15.4. The zero-order chi connectivity index (χ0) is 15.6. The third-order valence-electron chi connectivity index (χ3n) is 2.61. The highest BCUT2D eigenvalue weighted by molar-refractivity contribution is 7.92. The molecule has 0 heterocycles. The molecule has 5 nitrogen and oxygen atoms in total. The minimum Gasteiger partial charge on any atom is -0.399 e. The lowest BCUT2D eigenvalue weighted by Gasteiger charge is -2.10. The molecule has 2 aromatic carbocycles. The van der Waals surface area contributed by atoms with E-state index in [9.17, 15) is 8.42 Å². The molecule has 0 spiro atoms. The van der Waals surface area contributed by atoms with Gasteiger partial charge >= 0.3 is 0 Å². The van der Waals surface area contributed by atoms with E-state index in [-0.39, 0.29) is 26.2 Å². The predicted molar refractivity (Wildman–Crippen MR) is 82.8 cm³/mol. The second kappa shape index (κ2) is 5.82. The third-order valence-corrected chi connectivity index (χ3v) is 4.60. The monoisotopic (exact) mass is 341 g/mol. The predicted octanol–water partition coefficient (Wildman–Crippen LogP) is 3.25. The zero-order valence-electron chi connectivity index (χ0n) is 10.5. The van der Waals surface area contributed by atoms with E-state index in [1.165, 1.54) is 36.4 Å². The van der Waals surface area contributed by atoms with E-state index >= 15 is 0 Å². The van der Waals surface area contributed by atoms with Gasteiger partial charge < -0.3 is 5.73 Å². The fourth-order valence-electron chi connectivity index (χ4n) is 1.57. The lowest BCUT2D eigenvalue weighted by atomic mass is 10.2. The number of hydrogen-bond donors (Lipinski definition) is 2. The molecule has 21 heavy (non-hydrogen) atoms. The Kier molecular flexibility index (Phi) is 4.28. The Morgan fingerprint density at radius 1 is 1.10 bits per heavy atom. The van der Waals surface area contributed by atoms with Crippen molar-refractivity contribution in [1.82, 2.24) is 0 Å². The number of nitrogens with one attached hydrogen (secondary N) is 1. The number of nitrogens with zero attached hydrogens (tertiary/aromatic N) is 1. The van der Waals surface area contributed by atoms with E-state index < -0.39 is 10.0 Å². The summed E-state index contributed by atoms with van der Waals surface area (Å²) >= 11 is 11.8. The molecule has 108 valence electrons. The van der Waals surface area contributed by atoms with Crippen LogP contribution in [0, 0.1) is 11.3 Å². The quantitative estimate of drug-likeness (QED) is 0.837. The summed E-state index contributed by atoms with van der Waals surface area (Å²) < 4.78 is 26.8. The summed E-state index contributed by atoms with van der Waals surface area (Å²) in [5.74, 6) is 0. The Balaban J connectivity index is 2.39. The normalized spacial score (nSPS) is 10.9. The number of hydrogen-bond acceptors (Lipinski definition) is 4. The number of benzene rings is 2. The van der Waals surface area contributed by atoms with Crippen LogP contribution < -0.4 is 10.5 Å². The molecule has 0 aliphatic rings. The maximum atomic E-state index is 12.2. The van der Waals surface area contributed by atoms with Crippen LogP contribution in [0.25, 0.3) is 0 Å². The highest BCUT2D eigenvalue weighted by Crippen LogP contribution is 2.27. The smallest absolute Gasteiger partial charge is 0.261 e. The first-order valence-electron chi connectivity index (χ1n) is 5.61. The molecule has 8 heteroatoms. The zero-order valence-corrected chi connectivity index (χ0v) is 12.8. The molecule has 0 aliphatic heterocycles. The molecular formula is C13H9Cl2N3O2S. The molecule has 0 saturated carbocycles. The van der Waals surface area contributed by atoms with Crippen LogP contribution in [0.1, 0.15) is 5.56 Å². The largest absolute Gasteiger partial charge is 0.399 e. The molecule has 0 saturated heterocycles.